The van der Waals surface area contributed by atoms with E-state index in [1.165, 1.54) is 6.42 Å². The highest BCUT2D eigenvalue weighted by atomic mass is 16.4. The normalized spacial score (nSPS) is 17.6. The number of rotatable bonds is 5. The number of carbonyl (C=O) groups is 2. The van der Waals surface area contributed by atoms with E-state index in [0.29, 0.717) is 12.8 Å². The van der Waals surface area contributed by atoms with Gasteiger partial charge in [-0.3, -0.25) is 4.79 Å². The molecule has 98 valence electrons. The van der Waals surface area contributed by atoms with Crippen molar-refractivity contribution < 1.29 is 14.7 Å². The Morgan fingerprint density at radius 1 is 1.29 bits per heavy atom. The largest absolute Gasteiger partial charge is 0.481 e. The minimum absolute atomic E-state index is 0.00692. The Kier molecular flexibility index (Phi) is 5.80. The molecule has 0 aromatic heterocycles. The Balaban J connectivity index is 2.18. The maximum atomic E-state index is 11.8. The van der Waals surface area contributed by atoms with Crippen LogP contribution in [0.5, 0.6) is 0 Å². The Labute approximate surface area is 102 Å². The van der Waals surface area contributed by atoms with Crippen molar-refractivity contribution in [3.63, 3.8) is 0 Å². The van der Waals surface area contributed by atoms with Gasteiger partial charge >= 0.3 is 12.0 Å². The number of nitrogens with one attached hydrogen (secondary N) is 1. The summed E-state index contributed by atoms with van der Waals surface area (Å²) in [5.41, 5.74) is 0. The second-order valence-corrected chi connectivity index (χ2v) is 4.68. The molecule has 0 aliphatic carbocycles. The van der Waals surface area contributed by atoms with E-state index in [9.17, 15) is 9.59 Å². The molecule has 1 atom stereocenters. The molecule has 0 radical (unpaired) electrons. The first-order chi connectivity index (χ1) is 8.09. The van der Waals surface area contributed by atoms with Crippen LogP contribution in [-0.4, -0.2) is 41.1 Å². The van der Waals surface area contributed by atoms with Crippen LogP contribution in [0.25, 0.3) is 0 Å². The molecule has 1 rings (SSSR count). The fourth-order valence-corrected chi connectivity index (χ4v) is 2.03. The first-order valence-corrected chi connectivity index (χ1v) is 6.37. The van der Waals surface area contributed by atoms with Crippen LogP contribution in [0.15, 0.2) is 0 Å². The zero-order valence-electron chi connectivity index (χ0n) is 10.4. The lowest BCUT2D eigenvalue weighted by atomic mass is 10.1. The molecule has 0 spiro atoms. The maximum absolute atomic E-state index is 11.8. The summed E-state index contributed by atoms with van der Waals surface area (Å²) >= 11 is 0. The fraction of sp³-hybridized carbons (Fsp3) is 0.833. The van der Waals surface area contributed by atoms with Gasteiger partial charge in [-0.15, -0.1) is 0 Å². The van der Waals surface area contributed by atoms with Crippen molar-refractivity contribution in [2.24, 2.45) is 0 Å². The molecular weight excluding hydrogens is 220 g/mol. The molecule has 1 heterocycles. The fourth-order valence-electron chi connectivity index (χ4n) is 2.03. The molecule has 1 aliphatic heterocycles. The van der Waals surface area contributed by atoms with Crippen LogP contribution >= 0.6 is 0 Å². The summed E-state index contributed by atoms with van der Waals surface area (Å²) < 4.78 is 0. The van der Waals surface area contributed by atoms with Crippen molar-refractivity contribution in [3.8, 4) is 0 Å². The van der Waals surface area contributed by atoms with E-state index in [0.717, 1.165) is 25.9 Å². The van der Waals surface area contributed by atoms with Crippen LogP contribution in [0.3, 0.4) is 0 Å². The molecule has 1 unspecified atom stereocenters. The van der Waals surface area contributed by atoms with Crippen molar-refractivity contribution in [2.45, 2.75) is 51.5 Å². The molecule has 5 heteroatoms. The molecule has 1 fully saturated rings. The van der Waals surface area contributed by atoms with Crippen LogP contribution < -0.4 is 5.32 Å². The third kappa shape index (κ3) is 5.56. The number of amides is 2. The van der Waals surface area contributed by atoms with Gasteiger partial charge in [-0.1, -0.05) is 0 Å². The average molecular weight is 242 g/mol. The van der Waals surface area contributed by atoms with Crippen LogP contribution in [-0.2, 0) is 4.79 Å². The van der Waals surface area contributed by atoms with E-state index in [2.05, 4.69) is 5.32 Å². The standard InChI is InChI=1S/C12H22N2O3/c1-10(6-5-7-11(15)16)13-12(17)14-8-3-2-4-9-14/h10H,2-9H2,1H3,(H,13,17)(H,15,16). The molecular formula is C12H22N2O3. The number of piperidine rings is 1. The number of carboxylic acid groups (broad SMARTS) is 1. The van der Waals surface area contributed by atoms with Gasteiger partial charge in [-0.05, 0) is 39.0 Å². The number of hydrogen-bond donors (Lipinski definition) is 2. The molecule has 0 aromatic rings. The summed E-state index contributed by atoms with van der Waals surface area (Å²) in [5, 5.41) is 11.4. The monoisotopic (exact) mass is 242 g/mol. The van der Waals surface area contributed by atoms with Gasteiger partial charge in [0, 0.05) is 25.6 Å². The zero-order valence-corrected chi connectivity index (χ0v) is 10.4. The second-order valence-electron chi connectivity index (χ2n) is 4.68. The van der Waals surface area contributed by atoms with Crippen molar-refractivity contribution in [1.82, 2.24) is 10.2 Å². The summed E-state index contributed by atoms with van der Waals surface area (Å²) in [6, 6.07) is 0.0382. The van der Waals surface area contributed by atoms with Gasteiger partial charge in [-0.25, -0.2) is 4.79 Å². The summed E-state index contributed by atoms with van der Waals surface area (Å²) in [4.78, 5) is 24.0. The molecule has 0 aromatic carbocycles. The minimum Gasteiger partial charge on any atom is -0.481 e. The van der Waals surface area contributed by atoms with Gasteiger partial charge in [0.25, 0.3) is 0 Å². The lowest BCUT2D eigenvalue weighted by molar-refractivity contribution is -0.137. The lowest BCUT2D eigenvalue weighted by Crippen LogP contribution is -2.45. The summed E-state index contributed by atoms with van der Waals surface area (Å²) in [6.07, 6.45) is 4.87. The Morgan fingerprint density at radius 2 is 1.94 bits per heavy atom. The predicted molar refractivity (Wildman–Crippen MR) is 64.9 cm³/mol. The molecule has 0 saturated carbocycles. The van der Waals surface area contributed by atoms with E-state index in [1.807, 2.05) is 11.8 Å². The SMILES string of the molecule is CC(CCCC(=O)O)NC(=O)N1CCCCC1. The third-order valence-corrected chi connectivity index (χ3v) is 3.04. The topological polar surface area (TPSA) is 69.6 Å². The van der Waals surface area contributed by atoms with E-state index in [4.69, 9.17) is 5.11 Å². The van der Waals surface area contributed by atoms with E-state index in [1.54, 1.807) is 0 Å². The number of hydrogen-bond acceptors (Lipinski definition) is 2. The predicted octanol–water partition coefficient (Wildman–Crippen LogP) is 1.83. The second kappa shape index (κ2) is 7.14. The van der Waals surface area contributed by atoms with Gasteiger partial charge in [0.15, 0.2) is 0 Å². The quantitative estimate of drug-likeness (QED) is 0.772. The van der Waals surface area contributed by atoms with E-state index < -0.39 is 5.97 Å². The molecule has 1 aliphatic rings. The Hall–Kier alpha value is -1.26. The number of urea groups is 1. The van der Waals surface area contributed by atoms with Crippen molar-refractivity contribution in [2.75, 3.05) is 13.1 Å². The maximum Gasteiger partial charge on any atom is 0.317 e. The highest BCUT2D eigenvalue weighted by molar-refractivity contribution is 5.74. The van der Waals surface area contributed by atoms with Crippen LogP contribution in [0, 0.1) is 0 Å². The zero-order chi connectivity index (χ0) is 12.7. The first-order valence-electron chi connectivity index (χ1n) is 6.37. The van der Waals surface area contributed by atoms with E-state index in [-0.39, 0.29) is 18.5 Å². The van der Waals surface area contributed by atoms with Crippen molar-refractivity contribution in [3.05, 3.63) is 0 Å². The summed E-state index contributed by atoms with van der Waals surface area (Å²) in [5.74, 6) is -0.778. The lowest BCUT2D eigenvalue weighted by Gasteiger charge is -2.28. The van der Waals surface area contributed by atoms with Crippen molar-refractivity contribution >= 4 is 12.0 Å². The third-order valence-electron chi connectivity index (χ3n) is 3.04. The molecule has 2 amide bonds. The molecule has 0 bridgehead atoms. The van der Waals surface area contributed by atoms with Gasteiger partial charge in [0.1, 0.15) is 0 Å². The minimum atomic E-state index is -0.778. The highest BCUT2D eigenvalue weighted by Gasteiger charge is 2.17. The van der Waals surface area contributed by atoms with Gasteiger partial charge < -0.3 is 15.3 Å². The number of likely N-dealkylation sites (tertiary alicyclic amines) is 1. The number of carboxylic acids is 1. The molecule has 1 saturated heterocycles. The number of nitrogens with zero attached hydrogens (tertiary/aromatic N) is 1. The first kappa shape index (κ1) is 13.8. The summed E-state index contributed by atoms with van der Waals surface area (Å²) in [6.45, 7) is 3.60. The Bertz CT molecular complexity index is 262. The summed E-state index contributed by atoms with van der Waals surface area (Å²) in [7, 11) is 0. The average Bonchev–Trinajstić information content (AvgIpc) is 2.29. The molecule has 5 nitrogen and oxygen atoms in total. The number of aliphatic carboxylic acids is 1. The smallest absolute Gasteiger partial charge is 0.317 e. The van der Waals surface area contributed by atoms with Gasteiger partial charge in [-0.2, -0.15) is 0 Å². The van der Waals surface area contributed by atoms with Crippen LogP contribution in [0.2, 0.25) is 0 Å². The van der Waals surface area contributed by atoms with Crippen LogP contribution in [0.1, 0.15) is 45.4 Å². The van der Waals surface area contributed by atoms with E-state index >= 15 is 0 Å². The highest BCUT2D eigenvalue weighted by Crippen LogP contribution is 2.09. The Morgan fingerprint density at radius 3 is 2.53 bits per heavy atom. The number of carbonyl (C=O) groups excluding carboxylic acids is 1. The van der Waals surface area contributed by atoms with Gasteiger partial charge in [0.05, 0.1) is 0 Å². The van der Waals surface area contributed by atoms with Gasteiger partial charge in [0.2, 0.25) is 0 Å². The molecule has 2 N–H and O–H groups in total. The molecule has 17 heavy (non-hydrogen) atoms. The van der Waals surface area contributed by atoms with Crippen molar-refractivity contribution in [1.29, 1.82) is 0 Å². The van der Waals surface area contributed by atoms with Crippen LogP contribution in [0.4, 0.5) is 4.79 Å².